The molecule has 1 aliphatic heterocycles. The van der Waals surface area contributed by atoms with E-state index < -0.39 is 5.82 Å². The summed E-state index contributed by atoms with van der Waals surface area (Å²) in [6.07, 6.45) is 0.664. The van der Waals surface area contributed by atoms with E-state index in [1.165, 1.54) is 10.7 Å². The summed E-state index contributed by atoms with van der Waals surface area (Å²) < 4.78 is 15.2. The summed E-state index contributed by atoms with van der Waals surface area (Å²) in [4.78, 5) is 13.8. The molecule has 0 saturated carbocycles. The Morgan fingerprint density at radius 3 is 3.00 bits per heavy atom. The number of hydrogen-bond donors (Lipinski definition) is 0. The van der Waals surface area contributed by atoms with Crippen molar-refractivity contribution in [1.29, 1.82) is 5.26 Å². The van der Waals surface area contributed by atoms with Gasteiger partial charge in [-0.25, -0.2) is 9.07 Å². The SMILES string of the molecule is CCn1nc2c(cc1=O)CN(c1cccc(F)c1C#N)CC2. The minimum absolute atomic E-state index is 0.0424. The van der Waals surface area contributed by atoms with Crippen LogP contribution < -0.4 is 10.5 Å². The second-order valence-electron chi connectivity index (χ2n) is 5.19. The van der Waals surface area contributed by atoms with Crippen molar-refractivity contribution in [3.05, 3.63) is 57.3 Å². The van der Waals surface area contributed by atoms with E-state index in [4.69, 9.17) is 5.26 Å². The van der Waals surface area contributed by atoms with E-state index >= 15 is 0 Å². The van der Waals surface area contributed by atoms with Crippen LogP contribution in [0.1, 0.15) is 23.7 Å². The number of anilines is 1. The number of rotatable bonds is 2. The Labute approximate surface area is 127 Å². The topological polar surface area (TPSA) is 61.9 Å². The van der Waals surface area contributed by atoms with E-state index in [1.54, 1.807) is 18.2 Å². The molecular formula is C16H15FN4O. The van der Waals surface area contributed by atoms with Crippen LogP contribution in [0.15, 0.2) is 29.1 Å². The fourth-order valence-corrected chi connectivity index (χ4v) is 2.76. The zero-order valence-corrected chi connectivity index (χ0v) is 12.2. The summed E-state index contributed by atoms with van der Waals surface area (Å²) in [5.74, 6) is -0.523. The molecule has 0 spiro atoms. The summed E-state index contributed by atoms with van der Waals surface area (Å²) in [7, 11) is 0. The first-order chi connectivity index (χ1) is 10.6. The van der Waals surface area contributed by atoms with Crippen molar-refractivity contribution < 1.29 is 4.39 Å². The highest BCUT2D eigenvalue weighted by Gasteiger charge is 2.22. The van der Waals surface area contributed by atoms with Gasteiger partial charge in [0.25, 0.3) is 5.56 Å². The molecule has 0 atom stereocenters. The molecule has 0 amide bonds. The van der Waals surface area contributed by atoms with Crippen LogP contribution in [-0.4, -0.2) is 16.3 Å². The van der Waals surface area contributed by atoms with Gasteiger partial charge < -0.3 is 4.90 Å². The van der Waals surface area contributed by atoms with Gasteiger partial charge in [0.2, 0.25) is 0 Å². The zero-order chi connectivity index (χ0) is 15.7. The van der Waals surface area contributed by atoms with E-state index in [0.29, 0.717) is 31.7 Å². The van der Waals surface area contributed by atoms with Gasteiger partial charge >= 0.3 is 0 Å². The van der Waals surface area contributed by atoms with Gasteiger partial charge in [-0.15, -0.1) is 0 Å². The normalized spacial score (nSPS) is 13.6. The average molecular weight is 298 g/mol. The smallest absolute Gasteiger partial charge is 0.267 e. The van der Waals surface area contributed by atoms with Crippen molar-refractivity contribution in [1.82, 2.24) is 9.78 Å². The Balaban J connectivity index is 1.99. The maximum atomic E-state index is 13.7. The van der Waals surface area contributed by atoms with E-state index in [-0.39, 0.29) is 11.1 Å². The zero-order valence-electron chi connectivity index (χ0n) is 12.2. The Kier molecular flexibility index (Phi) is 3.63. The summed E-state index contributed by atoms with van der Waals surface area (Å²) in [5.41, 5.74) is 2.21. The first kappa shape index (κ1) is 14.3. The molecule has 22 heavy (non-hydrogen) atoms. The van der Waals surface area contributed by atoms with Crippen LogP contribution in [0.4, 0.5) is 10.1 Å². The van der Waals surface area contributed by atoms with E-state index in [9.17, 15) is 9.18 Å². The van der Waals surface area contributed by atoms with Crippen molar-refractivity contribution in [2.24, 2.45) is 0 Å². The number of hydrogen-bond acceptors (Lipinski definition) is 4. The van der Waals surface area contributed by atoms with Crippen LogP contribution in [0, 0.1) is 17.1 Å². The lowest BCUT2D eigenvalue weighted by Crippen LogP contribution is -2.35. The van der Waals surface area contributed by atoms with Gasteiger partial charge in [-0.1, -0.05) is 6.07 Å². The standard InChI is InChI=1S/C16H15FN4O/c1-2-21-16(22)8-11-10-20(7-6-14(11)19-21)15-5-3-4-13(17)12(15)9-18/h3-5,8H,2,6-7,10H2,1H3. The van der Waals surface area contributed by atoms with Crippen LogP contribution in [0.25, 0.3) is 0 Å². The molecule has 0 bridgehead atoms. The van der Waals surface area contributed by atoms with Gasteiger partial charge in [-0.3, -0.25) is 4.79 Å². The molecule has 0 aliphatic carbocycles. The van der Waals surface area contributed by atoms with E-state index in [1.807, 2.05) is 17.9 Å². The van der Waals surface area contributed by atoms with Crippen molar-refractivity contribution in [2.45, 2.75) is 26.4 Å². The van der Waals surface area contributed by atoms with Gasteiger partial charge in [0.1, 0.15) is 17.4 Å². The molecule has 6 heteroatoms. The van der Waals surface area contributed by atoms with E-state index in [2.05, 4.69) is 5.10 Å². The molecular weight excluding hydrogens is 283 g/mol. The minimum atomic E-state index is -0.523. The summed E-state index contributed by atoms with van der Waals surface area (Å²) in [6.45, 7) is 3.51. The maximum absolute atomic E-state index is 13.7. The second-order valence-corrected chi connectivity index (χ2v) is 5.19. The molecule has 2 heterocycles. The molecule has 0 saturated heterocycles. The molecule has 0 unspecified atom stereocenters. The molecule has 0 radical (unpaired) electrons. The van der Waals surface area contributed by atoms with Crippen molar-refractivity contribution in [2.75, 3.05) is 11.4 Å². The lowest BCUT2D eigenvalue weighted by Gasteiger charge is -2.30. The molecule has 1 aliphatic rings. The summed E-state index contributed by atoms with van der Waals surface area (Å²) >= 11 is 0. The Morgan fingerprint density at radius 1 is 1.45 bits per heavy atom. The number of nitrogens with zero attached hydrogens (tertiary/aromatic N) is 4. The molecule has 3 rings (SSSR count). The van der Waals surface area contributed by atoms with Crippen LogP contribution in [0.2, 0.25) is 0 Å². The Morgan fingerprint density at radius 2 is 2.27 bits per heavy atom. The number of halogens is 1. The number of benzene rings is 1. The fourth-order valence-electron chi connectivity index (χ4n) is 2.76. The van der Waals surface area contributed by atoms with Crippen molar-refractivity contribution >= 4 is 5.69 Å². The molecule has 5 nitrogen and oxygen atoms in total. The molecule has 1 aromatic carbocycles. The maximum Gasteiger partial charge on any atom is 0.267 e. The largest absolute Gasteiger partial charge is 0.366 e. The van der Waals surface area contributed by atoms with Crippen LogP contribution in [0.3, 0.4) is 0 Å². The Hall–Kier alpha value is -2.68. The molecule has 2 aromatic rings. The van der Waals surface area contributed by atoms with Gasteiger partial charge in [0.05, 0.1) is 11.4 Å². The molecule has 0 fully saturated rings. The second kappa shape index (κ2) is 5.60. The average Bonchev–Trinajstić information content (AvgIpc) is 2.53. The first-order valence-corrected chi connectivity index (χ1v) is 7.17. The molecule has 1 aromatic heterocycles. The highest BCUT2D eigenvalue weighted by Crippen LogP contribution is 2.27. The molecule has 112 valence electrons. The van der Waals surface area contributed by atoms with Crippen LogP contribution in [0.5, 0.6) is 0 Å². The van der Waals surface area contributed by atoms with Gasteiger partial charge in [-0.2, -0.15) is 10.4 Å². The van der Waals surface area contributed by atoms with Crippen molar-refractivity contribution in [3.63, 3.8) is 0 Å². The van der Waals surface area contributed by atoms with Gasteiger partial charge in [0.15, 0.2) is 0 Å². The lowest BCUT2D eigenvalue weighted by molar-refractivity contribution is 0.572. The van der Waals surface area contributed by atoms with E-state index in [0.717, 1.165) is 11.3 Å². The summed E-state index contributed by atoms with van der Waals surface area (Å²) in [6, 6.07) is 8.10. The van der Waals surface area contributed by atoms with Crippen molar-refractivity contribution in [3.8, 4) is 6.07 Å². The van der Waals surface area contributed by atoms with Crippen LogP contribution in [-0.2, 0) is 19.5 Å². The third-order valence-corrected chi connectivity index (χ3v) is 3.89. The van der Waals surface area contributed by atoms with Crippen LogP contribution >= 0.6 is 0 Å². The minimum Gasteiger partial charge on any atom is -0.366 e. The number of fused-ring (bicyclic) bond motifs is 1. The lowest BCUT2D eigenvalue weighted by atomic mass is 10.0. The quantitative estimate of drug-likeness (QED) is 0.848. The molecule has 0 N–H and O–H groups in total. The highest BCUT2D eigenvalue weighted by atomic mass is 19.1. The Bertz CT molecular complexity index is 822. The number of aromatic nitrogens is 2. The number of aryl methyl sites for hydroxylation is 1. The predicted molar refractivity (Wildman–Crippen MR) is 80.0 cm³/mol. The van der Waals surface area contributed by atoms with Gasteiger partial charge in [-0.05, 0) is 19.1 Å². The number of nitriles is 1. The summed E-state index contributed by atoms with van der Waals surface area (Å²) in [5, 5.41) is 13.5. The monoisotopic (exact) mass is 298 g/mol. The fraction of sp³-hybridized carbons (Fsp3) is 0.312. The predicted octanol–water partition coefficient (Wildman–Crippen LogP) is 1.84. The first-order valence-electron chi connectivity index (χ1n) is 7.17. The van der Waals surface area contributed by atoms with Gasteiger partial charge in [0, 0.05) is 37.7 Å². The third kappa shape index (κ3) is 2.35. The third-order valence-electron chi connectivity index (χ3n) is 3.89. The highest BCUT2D eigenvalue weighted by molar-refractivity contribution is 5.60.